The number of fused-ring (bicyclic) bond motifs is 1. The maximum atomic E-state index is 12.2. The largest absolute Gasteiger partial charge is 0.453 e. The lowest BCUT2D eigenvalue weighted by atomic mass is 10.1. The predicted octanol–water partition coefficient (Wildman–Crippen LogP) is 4.68. The first-order chi connectivity index (χ1) is 10.8. The quantitative estimate of drug-likeness (QED) is 0.671. The Labute approximate surface area is 130 Å². The second-order valence-corrected chi connectivity index (χ2v) is 5.30. The number of benzene rings is 2. The van der Waals surface area contributed by atoms with Crippen LogP contribution < -0.4 is 5.32 Å². The molecule has 0 bridgehead atoms. The number of rotatable bonds is 6. The maximum absolute atomic E-state index is 12.2. The van der Waals surface area contributed by atoms with Crippen LogP contribution in [-0.2, 0) is 6.42 Å². The predicted molar refractivity (Wildman–Crippen MR) is 89.5 cm³/mol. The molecule has 112 valence electrons. The Morgan fingerprint density at radius 2 is 1.86 bits per heavy atom. The summed E-state index contributed by atoms with van der Waals surface area (Å²) in [6.45, 7) is 2.73. The summed E-state index contributed by atoms with van der Waals surface area (Å²) in [5, 5.41) is 4.23. The number of carbonyl (C=O) groups excluding carboxylic acids is 1. The van der Waals surface area contributed by atoms with Gasteiger partial charge in [-0.2, -0.15) is 0 Å². The number of Topliss-reactive ketones (excluding diaryl/α,β-unsaturated/α-hetero) is 1. The Hall–Kier alpha value is -2.55. The van der Waals surface area contributed by atoms with Gasteiger partial charge in [-0.3, -0.25) is 4.79 Å². The summed E-state index contributed by atoms with van der Waals surface area (Å²) in [6.07, 6.45) is 1.44. The molecule has 0 aliphatic rings. The van der Waals surface area contributed by atoms with Gasteiger partial charge in [-0.25, -0.2) is 0 Å². The molecule has 1 heterocycles. The molecule has 3 nitrogen and oxygen atoms in total. The first-order valence-corrected chi connectivity index (χ1v) is 7.61. The van der Waals surface area contributed by atoms with Gasteiger partial charge in [0.2, 0.25) is 0 Å². The number of furan rings is 1. The van der Waals surface area contributed by atoms with Crippen molar-refractivity contribution in [2.45, 2.75) is 19.8 Å². The van der Waals surface area contributed by atoms with E-state index in [1.165, 1.54) is 5.56 Å². The number of anilines is 1. The van der Waals surface area contributed by atoms with Crippen LogP contribution in [0, 0.1) is 0 Å². The number of hydrogen-bond donors (Lipinski definition) is 1. The molecule has 0 amide bonds. The monoisotopic (exact) mass is 293 g/mol. The first kappa shape index (κ1) is 14.4. The van der Waals surface area contributed by atoms with E-state index in [1.807, 2.05) is 42.5 Å². The summed E-state index contributed by atoms with van der Waals surface area (Å²) in [6, 6.07) is 17.8. The van der Waals surface area contributed by atoms with E-state index >= 15 is 0 Å². The normalized spacial score (nSPS) is 10.8. The molecule has 0 aliphatic heterocycles. The van der Waals surface area contributed by atoms with Gasteiger partial charge in [0.25, 0.3) is 0 Å². The van der Waals surface area contributed by atoms with Crippen molar-refractivity contribution < 1.29 is 9.21 Å². The summed E-state index contributed by atoms with van der Waals surface area (Å²) in [4.78, 5) is 12.2. The summed E-state index contributed by atoms with van der Waals surface area (Å²) in [5.74, 6) is 0.457. The second-order valence-electron chi connectivity index (χ2n) is 5.30. The molecule has 3 heteroatoms. The fourth-order valence-corrected chi connectivity index (χ4v) is 2.42. The van der Waals surface area contributed by atoms with Gasteiger partial charge >= 0.3 is 0 Å². The molecule has 2 aromatic carbocycles. The average molecular weight is 293 g/mol. The number of nitrogens with one attached hydrogen (secondary N) is 1. The lowest BCUT2D eigenvalue weighted by molar-refractivity contribution is 0.0962. The molecular formula is C19H19NO2. The fourth-order valence-electron chi connectivity index (χ4n) is 2.42. The van der Waals surface area contributed by atoms with Gasteiger partial charge in [0.05, 0.1) is 0 Å². The molecular weight excluding hydrogens is 274 g/mol. The molecule has 0 spiro atoms. The molecule has 0 saturated heterocycles. The molecule has 3 aromatic rings. The zero-order valence-electron chi connectivity index (χ0n) is 12.6. The lowest BCUT2D eigenvalue weighted by Gasteiger charge is -2.06. The van der Waals surface area contributed by atoms with Crippen LogP contribution in [0.25, 0.3) is 11.0 Å². The highest BCUT2D eigenvalue weighted by atomic mass is 16.3. The van der Waals surface area contributed by atoms with Gasteiger partial charge in [0.15, 0.2) is 11.5 Å². The van der Waals surface area contributed by atoms with E-state index in [1.54, 1.807) is 0 Å². The molecule has 3 rings (SSSR count). The number of ketones is 1. The van der Waals surface area contributed by atoms with E-state index < -0.39 is 0 Å². The fraction of sp³-hybridized carbons (Fsp3) is 0.211. The van der Waals surface area contributed by atoms with Crippen molar-refractivity contribution in [3.05, 3.63) is 65.9 Å². The van der Waals surface area contributed by atoms with E-state index in [4.69, 9.17) is 4.42 Å². The Balaban J connectivity index is 1.57. The van der Waals surface area contributed by atoms with Crippen molar-refractivity contribution in [3.8, 4) is 0 Å². The van der Waals surface area contributed by atoms with E-state index in [0.29, 0.717) is 18.7 Å². The second kappa shape index (κ2) is 6.48. The van der Waals surface area contributed by atoms with Crippen LogP contribution in [0.5, 0.6) is 0 Å². The van der Waals surface area contributed by atoms with Crippen molar-refractivity contribution in [2.75, 3.05) is 11.9 Å². The van der Waals surface area contributed by atoms with Crippen LogP contribution >= 0.6 is 0 Å². The zero-order chi connectivity index (χ0) is 15.4. The third kappa shape index (κ3) is 3.19. The number of hydrogen-bond acceptors (Lipinski definition) is 3. The number of aryl methyl sites for hydroxylation is 1. The van der Waals surface area contributed by atoms with Crippen LogP contribution in [0.4, 0.5) is 5.69 Å². The molecule has 0 radical (unpaired) electrons. The topological polar surface area (TPSA) is 42.2 Å². The number of para-hydroxylation sites is 1. The average Bonchev–Trinajstić information content (AvgIpc) is 2.99. The van der Waals surface area contributed by atoms with Crippen LogP contribution in [0.2, 0.25) is 0 Å². The third-order valence-electron chi connectivity index (χ3n) is 3.74. The lowest BCUT2D eigenvalue weighted by Crippen LogP contribution is -2.08. The van der Waals surface area contributed by atoms with E-state index in [2.05, 4.69) is 24.4 Å². The summed E-state index contributed by atoms with van der Waals surface area (Å²) < 4.78 is 5.59. The van der Waals surface area contributed by atoms with Crippen molar-refractivity contribution in [1.29, 1.82) is 0 Å². The van der Waals surface area contributed by atoms with E-state index in [9.17, 15) is 4.79 Å². The van der Waals surface area contributed by atoms with E-state index in [0.717, 1.165) is 23.1 Å². The van der Waals surface area contributed by atoms with Gasteiger partial charge in [0, 0.05) is 24.0 Å². The minimum absolute atomic E-state index is 0.0221. The SMILES string of the molecule is CCc1ccc(NCCC(=O)c2cc3ccccc3o2)cc1. The van der Waals surface area contributed by atoms with Crippen molar-refractivity contribution in [1.82, 2.24) is 0 Å². The molecule has 0 saturated carbocycles. The van der Waals surface area contributed by atoms with Gasteiger partial charge in [0.1, 0.15) is 5.58 Å². The molecule has 0 fully saturated rings. The van der Waals surface area contributed by atoms with Crippen molar-refractivity contribution in [2.24, 2.45) is 0 Å². The van der Waals surface area contributed by atoms with Crippen LogP contribution in [0.3, 0.4) is 0 Å². The summed E-state index contributed by atoms with van der Waals surface area (Å²) >= 11 is 0. The van der Waals surface area contributed by atoms with Gasteiger partial charge < -0.3 is 9.73 Å². The van der Waals surface area contributed by atoms with E-state index in [-0.39, 0.29) is 5.78 Å². The van der Waals surface area contributed by atoms with Crippen molar-refractivity contribution in [3.63, 3.8) is 0 Å². The molecule has 0 aliphatic carbocycles. The number of carbonyl (C=O) groups is 1. The maximum Gasteiger partial charge on any atom is 0.199 e. The highest BCUT2D eigenvalue weighted by Crippen LogP contribution is 2.20. The Morgan fingerprint density at radius 1 is 1.09 bits per heavy atom. The molecule has 1 N–H and O–H groups in total. The van der Waals surface area contributed by atoms with Crippen LogP contribution in [-0.4, -0.2) is 12.3 Å². The zero-order valence-corrected chi connectivity index (χ0v) is 12.6. The van der Waals surface area contributed by atoms with Crippen LogP contribution in [0.15, 0.2) is 59.0 Å². The highest BCUT2D eigenvalue weighted by Gasteiger charge is 2.11. The smallest absolute Gasteiger partial charge is 0.199 e. The van der Waals surface area contributed by atoms with Gasteiger partial charge in [-0.05, 0) is 36.2 Å². The summed E-state index contributed by atoms with van der Waals surface area (Å²) in [7, 11) is 0. The Morgan fingerprint density at radius 3 is 2.59 bits per heavy atom. The molecule has 0 atom stereocenters. The molecule has 1 aromatic heterocycles. The summed E-state index contributed by atoms with van der Waals surface area (Å²) in [5.41, 5.74) is 3.10. The first-order valence-electron chi connectivity index (χ1n) is 7.61. The minimum atomic E-state index is 0.0221. The molecule has 0 unspecified atom stereocenters. The standard InChI is InChI=1S/C19H19NO2/c1-2-14-7-9-16(10-8-14)20-12-11-17(21)19-13-15-5-3-4-6-18(15)22-19/h3-10,13,20H,2,11-12H2,1H3. The van der Waals surface area contributed by atoms with Crippen molar-refractivity contribution >= 4 is 22.4 Å². The minimum Gasteiger partial charge on any atom is -0.453 e. The van der Waals surface area contributed by atoms with Gasteiger partial charge in [-0.1, -0.05) is 37.3 Å². The molecule has 22 heavy (non-hydrogen) atoms. The Bertz CT molecular complexity index is 738. The van der Waals surface area contributed by atoms with Crippen LogP contribution in [0.1, 0.15) is 29.5 Å². The van der Waals surface area contributed by atoms with Gasteiger partial charge in [-0.15, -0.1) is 0 Å². The Kier molecular flexibility index (Phi) is 4.24. The highest BCUT2D eigenvalue weighted by molar-refractivity contribution is 5.97. The third-order valence-corrected chi connectivity index (χ3v) is 3.74.